The van der Waals surface area contributed by atoms with Crippen molar-refractivity contribution in [3.8, 4) is 0 Å². The molecule has 0 aromatic heterocycles. The van der Waals surface area contributed by atoms with Crippen LogP contribution < -0.4 is 5.32 Å². The summed E-state index contributed by atoms with van der Waals surface area (Å²) in [5, 5.41) is 3.48. The second-order valence-electron chi connectivity index (χ2n) is 6.19. The van der Waals surface area contributed by atoms with E-state index in [0.29, 0.717) is 0 Å². The van der Waals surface area contributed by atoms with Crippen LogP contribution in [-0.2, 0) is 9.47 Å². The Morgan fingerprint density at radius 2 is 1.83 bits per heavy atom. The van der Waals surface area contributed by atoms with E-state index in [2.05, 4.69) is 33.0 Å². The quantitative estimate of drug-likeness (QED) is 0.578. The van der Waals surface area contributed by atoms with Crippen molar-refractivity contribution in [1.29, 1.82) is 0 Å². The molecule has 0 rings (SSSR count). The molecule has 0 radical (unpaired) electrons. The van der Waals surface area contributed by atoms with Crippen molar-refractivity contribution in [2.24, 2.45) is 11.8 Å². The number of methoxy groups -OCH3 is 2. The Labute approximate surface area is 114 Å². The lowest BCUT2D eigenvalue weighted by Gasteiger charge is -2.27. The van der Waals surface area contributed by atoms with E-state index in [1.54, 1.807) is 14.2 Å². The zero-order chi connectivity index (χ0) is 14.0. The van der Waals surface area contributed by atoms with E-state index < -0.39 is 0 Å². The molecule has 0 saturated carbocycles. The summed E-state index contributed by atoms with van der Waals surface area (Å²) < 4.78 is 10.5. The first-order valence-electron chi connectivity index (χ1n) is 7.16. The summed E-state index contributed by atoms with van der Waals surface area (Å²) in [7, 11) is 3.54. The molecule has 1 atom stereocenters. The van der Waals surface area contributed by atoms with E-state index in [0.717, 1.165) is 38.0 Å². The SMILES string of the molecule is COCCNCC(CCC(C)(C)OC)CC(C)C. The molecule has 1 N–H and O–H groups in total. The molecule has 0 aliphatic carbocycles. The average Bonchev–Trinajstić information content (AvgIpc) is 2.31. The third-order valence-corrected chi connectivity index (χ3v) is 3.43. The standard InChI is InChI=1S/C15H33NO2/c1-13(2)11-14(12-16-9-10-17-5)7-8-15(3,4)18-6/h13-14,16H,7-12H2,1-6H3. The lowest BCUT2D eigenvalue weighted by molar-refractivity contribution is 0.00965. The first-order chi connectivity index (χ1) is 8.41. The Hall–Kier alpha value is -0.120. The molecule has 3 heteroatoms. The van der Waals surface area contributed by atoms with E-state index in [1.807, 2.05) is 0 Å². The first-order valence-corrected chi connectivity index (χ1v) is 7.16. The highest BCUT2D eigenvalue weighted by Crippen LogP contribution is 2.23. The molecule has 110 valence electrons. The van der Waals surface area contributed by atoms with Crippen LogP contribution in [0.25, 0.3) is 0 Å². The normalized spacial score (nSPS) is 14.2. The molecule has 0 spiro atoms. The number of ether oxygens (including phenoxy) is 2. The van der Waals surface area contributed by atoms with E-state index in [4.69, 9.17) is 9.47 Å². The predicted molar refractivity (Wildman–Crippen MR) is 78.0 cm³/mol. The molecule has 0 saturated heterocycles. The Morgan fingerprint density at radius 1 is 1.17 bits per heavy atom. The van der Waals surface area contributed by atoms with E-state index >= 15 is 0 Å². The van der Waals surface area contributed by atoms with Gasteiger partial charge in [-0.2, -0.15) is 0 Å². The van der Waals surface area contributed by atoms with Gasteiger partial charge in [-0.1, -0.05) is 13.8 Å². The van der Waals surface area contributed by atoms with Crippen molar-refractivity contribution in [2.45, 2.75) is 52.6 Å². The molecule has 0 aromatic rings. The highest BCUT2D eigenvalue weighted by atomic mass is 16.5. The van der Waals surface area contributed by atoms with Crippen LogP contribution in [0.5, 0.6) is 0 Å². The fourth-order valence-corrected chi connectivity index (χ4v) is 2.10. The van der Waals surface area contributed by atoms with E-state index in [9.17, 15) is 0 Å². The molecule has 3 nitrogen and oxygen atoms in total. The Kier molecular flexibility index (Phi) is 9.70. The second-order valence-corrected chi connectivity index (χ2v) is 6.19. The third-order valence-electron chi connectivity index (χ3n) is 3.43. The Balaban J connectivity index is 3.98. The van der Waals surface area contributed by atoms with Crippen molar-refractivity contribution in [3.05, 3.63) is 0 Å². The Morgan fingerprint density at radius 3 is 2.33 bits per heavy atom. The molecule has 0 heterocycles. The molecular weight excluding hydrogens is 226 g/mol. The number of hydrogen-bond acceptors (Lipinski definition) is 3. The minimum Gasteiger partial charge on any atom is -0.383 e. The van der Waals surface area contributed by atoms with Gasteiger partial charge in [-0.25, -0.2) is 0 Å². The zero-order valence-corrected chi connectivity index (χ0v) is 13.2. The molecule has 0 amide bonds. The van der Waals surface area contributed by atoms with Gasteiger partial charge in [-0.05, 0) is 51.5 Å². The van der Waals surface area contributed by atoms with Gasteiger partial charge in [0.2, 0.25) is 0 Å². The van der Waals surface area contributed by atoms with Crippen molar-refractivity contribution in [2.75, 3.05) is 33.9 Å². The van der Waals surface area contributed by atoms with Crippen LogP contribution in [0.2, 0.25) is 0 Å². The van der Waals surface area contributed by atoms with Crippen molar-refractivity contribution < 1.29 is 9.47 Å². The minimum absolute atomic E-state index is 0.00175. The molecule has 0 aromatic carbocycles. The van der Waals surface area contributed by atoms with Gasteiger partial charge in [0.15, 0.2) is 0 Å². The average molecular weight is 259 g/mol. The molecule has 0 bridgehead atoms. The number of hydrogen-bond donors (Lipinski definition) is 1. The summed E-state index contributed by atoms with van der Waals surface area (Å²) in [6, 6.07) is 0. The summed E-state index contributed by atoms with van der Waals surface area (Å²) in [5.41, 5.74) is 0.00175. The van der Waals surface area contributed by atoms with Gasteiger partial charge in [0.05, 0.1) is 12.2 Å². The fraction of sp³-hybridized carbons (Fsp3) is 1.00. The second kappa shape index (κ2) is 9.76. The van der Waals surface area contributed by atoms with Gasteiger partial charge in [-0.15, -0.1) is 0 Å². The molecule has 0 aliphatic heterocycles. The van der Waals surface area contributed by atoms with Gasteiger partial charge in [0.25, 0.3) is 0 Å². The number of rotatable bonds is 11. The molecule has 18 heavy (non-hydrogen) atoms. The number of nitrogens with one attached hydrogen (secondary N) is 1. The summed E-state index contributed by atoms with van der Waals surface area (Å²) in [5.74, 6) is 1.49. The third kappa shape index (κ3) is 9.86. The highest BCUT2D eigenvalue weighted by Gasteiger charge is 2.19. The van der Waals surface area contributed by atoms with Crippen LogP contribution in [0.1, 0.15) is 47.0 Å². The molecule has 0 aliphatic rings. The van der Waals surface area contributed by atoms with E-state index in [-0.39, 0.29) is 5.60 Å². The van der Waals surface area contributed by atoms with E-state index in [1.165, 1.54) is 12.8 Å². The molecular formula is C15H33NO2. The minimum atomic E-state index is 0.00175. The summed E-state index contributed by atoms with van der Waals surface area (Å²) in [6.07, 6.45) is 3.62. The maximum atomic E-state index is 5.50. The van der Waals surface area contributed by atoms with Crippen molar-refractivity contribution >= 4 is 0 Å². The predicted octanol–water partition coefficient (Wildman–Crippen LogP) is 3.09. The van der Waals surface area contributed by atoms with Crippen LogP contribution in [-0.4, -0.2) is 39.5 Å². The van der Waals surface area contributed by atoms with Gasteiger partial charge in [-0.3, -0.25) is 0 Å². The fourth-order valence-electron chi connectivity index (χ4n) is 2.10. The maximum Gasteiger partial charge on any atom is 0.0622 e. The largest absolute Gasteiger partial charge is 0.383 e. The van der Waals surface area contributed by atoms with Crippen molar-refractivity contribution in [3.63, 3.8) is 0 Å². The summed E-state index contributed by atoms with van der Waals surface area (Å²) in [6.45, 7) is 11.7. The van der Waals surface area contributed by atoms with Crippen LogP contribution in [0.15, 0.2) is 0 Å². The van der Waals surface area contributed by atoms with Crippen LogP contribution >= 0.6 is 0 Å². The van der Waals surface area contributed by atoms with Crippen LogP contribution in [0.3, 0.4) is 0 Å². The van der Waals surface area contributed by atoms with Gasteiger partial charge in [0, 0.05) is 20.8 Å². The lowest BCUT2D eigenvalue weighted by atomic mass is 9.89. The molecule has 0 fully saturated rings. The maximum absolute atomic E-state index is 5.50. The Bertz CT molecular complexity index is 193. The topological polar surface area (TPSA) is 30.5 Å². The first kappa shape index (κ1) is 17.9. The lowest BCUT2D eigenvalue weighted by Crippen LogP contribution is -2.29. The molecule has 1 unspecified atom stereocenters. The monoisotopic (exact) mass is 259 g/mol. The van der Waals surface area contributed by atoms with Gasteiger partial charge in [0.1, 0.15) is 0 Å². The van der Waals surface area contributed by atoms with Gasteiger partial charge >= 0.3 is 0 Å². The van der Waals surface area contributed by atoms with Crippen LogP contribution in [0, 0.1) is 11.8 Å². The zero-order valence-electron chi connectivity index (χ0n) is 13.2. The highest BCUT2D eigenvalue weighted by molar-refractivity contribution is 4.73. The smallest absolute Gasteiger partial charge is 0.0622 e. The summed E-state index contributed by atoms with van der Waals surface area (Å²) >= 11 is 0. The van der Waals surface area contributed by atoms with Crippen LogP contribution in [0.4, 0.5) is 0 Å². The summed E-state index contributed by atoms with van der Waals surface area (Å²) in [4.78, 5) is 0. The van der Waals surface area contributed by atoms with Crippen molar-refractivity contribution in [1.82, 2.24) is 5.32 Å². The van der Waals surface area contributed by atoms with Gasteiger partial charge < -0.3 is 14.8 Å².